The number of carboxylic acids is 1. The third-order valence-electron chi connectivity index (χ3n) is 4.86. The van der Waals surface area contributed by atoms with E-state index >= 15 is 0 Å². The van der Waals surface area contributed by atoms with Crippen LogP contribution in [0.2, 0.25) is 0 Å². The molecule has 0 saturated heterocycles. The van der Waals surface area contributed by atoms with Crippen LogP contribution in [0.5, 0.6) is 0 Å². The van der Waals surface area contributed by atoms with Gasteiger partial charge < -0.3 is 5.11 Å². The van der Waals surface area contributed by atoms with Crippen molar-refractivity contribution in [1.82, 2.24) is 0 Å². The maximum absolute atomic E-state index is 12.4. The Bertz CT molecular complexity index is 1270. The van der Waals surface area contributed by atoms with Gasteiger partial charge in [0.05, 0.1) is 9.13 Å². The third-order valence-corrected chi connectivity index (χ3v) is 6.87. The Hall–Kier alpha value is -3.32. The minimum Gasteiger partial charge on any atom is -0.478 e. The van der Waals surface area contributed by atoms with Gasteiger partial charge in [-0.05, 0) is 28.3 Å². The molecule has 4 aromatic rings. The molecule has 1 N–H and O–H groups in total. The average Bonchev–Trinajstić information content (AvgIpc) is 2.79. The molecule has 148 valence electrons. The lowest BCUT2D eigenvalue weighted by molar-refractivity contribution is 0.0696. The molecule has 0 aromatic heterocycles. The van der Waals surface area contributed by atoms with Crippen LogP contribution in [0.15, 0.2) is 97.1 Å². The van der Waals surface area contributed by atoms with Gasteiger partial charge in [0, 0.05) is 11.1 Å². The maximum atomic E-state index is 12.4. The Kier molecular flexibility index (Phi) is 5.72. The number of hydrogen-bond donors (Lipinski definition) is 1. The van der Waals surface area contributed by atoms with Gasteiger partial charge in [-0.2, -0.15) is 0 Å². The Morgan fingerprint density at radius 1 is 0.633 bits per heavy atom. The Morgan fingerprint density at radius 2 is 1.07 bits per heavy atom. The summed E-state index contributed by atoms with van der Waals surface area (Å²) in [5.74, 6) is -1.26. The van der Waals surface area contributed by atoms with Crippen LogP contribution in [0.25, 0.3) is 33.4 Å². The van der Waals surface area contributed by atoms with Crippen molar-refractivity contribution < 1.29 is 16.0 Å². The van der Waals surface area contributed by atoms with Gasteiger partial charge in [0.15, 0.2) is 0 Å². The molecule has 5 heteroatoms. The summed E-state index contributed by atoms with van der Waals surface area (Å²) in [7, 11) is 0. The van der Waals surface area contributed by atoms with E-state index in [0.717, 1.165) is 5.56 Å². The molecule has 0 spiro atoms. The van der Waals surface area contributed by atoms with Gasteiger partial charge in [-0.3, -0.25) is 0 Å². The van der Waals surface area contributed by atoms with Gasteiger partial charge in [-0.15, -0.1) is 0 Å². The Labute approximate surface area is 181 Å². The molecule has 4 rings (SSSR count). The zero-order valence-corrected chi connectivity index (χ0v) is 17.9. The van der Waals surface area contributed by atoms with Crippen LogP contribution in [0, 0.1) is 3.57 Å². The topological polar surface area (TPSA) is 71.4 Å². The molecule has 0 fully saturated rings. The van der Waals surface area contributed by atoms with Crippen LogP contribution in [0.1, 0.15) is 10.4 Å². The minimum absolute atomic E-state index is 0.0866. The molecule has 0 heterocycles. The van der Waals surface area contributed by atoms with Gasteiger partial charge in [0.25, 0.3) is 0 Å². The standard InChI is InChI=1S/C25H17IO4/c27-25(28)23-22(19-14-8-3-9-15-19)20(17-10-4-1-5-11-17)16-21(24(23)26(29)30)18-12-6-2-7-13-18/h1-16H,(H,27,28). The summed E-state index contributed by atoms with van der Waals surface area (Å²) >= 11 is -4.18. The van der Waals surface area contributed by atoms with Crippen LogP contribution in [-0.2, 0) is 6.14 Å². The van der Waals surface area contributed by atoms with Crippen molar-refractivity contribution in [3.63, 3.8) is 0 Å². The van der Waals surface area contributed by atoms with Crippen molar-refractivity contribution >= 4 is 25.8 Å². The van der Waals surface area contributed by atoms with E-state index in [4.69, 9.17) is 0 Å². The zero-order chi connectivity index (χ0) is 21.1. The van der Waals surface area contributed by atoms with Gasteiger partial charge in [0.2, 0.25) is 0 Å². The predicted octanol–water partition coefficient (Wildman–Crippen LogP) is 6.75. The number of halogens is 1. The minimum atomic E-state index is -4.18. The fourth-order valence-corrected chi connectivity index (χ4v) is 5.48. The SMILES string of the molecule is O=C(O)c1c(-c2ccccc2)c(-c2ccccc2)cc(-c2ccccc2)c1I(=O)=O. The summed E-state index contributed by atoms with van der Waals surface area (Å²) in [5.41, 5.74) is 3.49. The number of carboxylic acid groups (broad SMARTS) is 1. The summed E-state index contributed by atoms with van der Waals surface area (Å²) in [6.07, 6.45) is 0. The van der Waals surface area contributed by atoms with Crippen LogP contribution in [0.3, 0.4) is 0 Å². The maximum Gasteiger partial charge on any atom is 0.342 e. The van der Waals surface area contributed by atoms with Gasteiger partial charge in [0.1, 0.15) is 0 Å². The highest BCUT2D eigenvalue weighted by molar-refractivity contribution is 14.2. The first-order valence-corrected chi connectivity index (χ1v) is 12.1. The van der Waals surface area contributed by atoms with Crippen LogP contribution >= 0.6 is 19.8 Å². The van der Waals surface area contributed by atoms with Crippen molar-refractivity contribution in [1.29, 1.82) is 0 Å². The fourth-order valence-electron chi connectivity index (χ4n) is 3.60. The second-order valence-electron chi connectivity index (χ2n) is 6.66. The summed E-state index contributed by atoms with van der Waals surface area (Å²) in [6, 6.07) is 29.3. The Balaban J connectivity index is 2.22. The molecular weight excluding hydrogens is 491 g/mol. The molecule has 0 unspecified atom stereocenters. The number of aromatic carboxylic acids is 1. The second kappa shape index (κ2) is 8.59. The van der Waals surface area contributed by atoms with E-state index < -0.39 is 25.8 Å². The molecule has 0 aliphatic carbocycles. The van der Waals surface area contributed by atoms with Crippen LogP contribution < -0.4 is 0 Å². The van der Waals surface area contributed by atoms with E-state index in [0.29, 0.717) is 27.8 Å². The first-order valence-electron chi connectivity index (χ1n) is 9.23. The largest absolute Gasteiger partial charge is 0.478 e. The summed E-state index contributed by atoms with van der Waals surface area (Å²) in [5, 5.41) is 10.1. The van der Waals surface area contributed by atoms with Crippen molar-refractivity contribution in [2.45, 2.75) is 0 Å². The molecule has 0 aliphatic rings. The summed E-state index contributed by atoms with van der Waals surface area (Å²) in [6.45, 7) is 0. The van der Waals surface area contributed by atoms with E-state index in [1.165, 1.54) is 0 Å². The Morgan fingerprint density at radius 3 is 1.50 bits per heavy atom. The van der Waals surface area contributed by atoms with Gasteiger partial charge in [-0.1, -0.05) is 91.0 Å². The van der Waals surface area contributed by atoms with E-state index in [2.05, 4.69) is 0 Å². The van der Waals surface area contributed by atoms with E-state index in [-0.39, 0.29) is 9.13 Å². The van der Waals surface area contributed by atoms with E-state index in [1.54, 1.807) is 42.5 Å². The lowest BCUT2D eigenvalue weighted by atomic mass is 9.87. The lowest BCUT2D eigenvalue weighted by Gasteiger charge is -2.18. The monoisotopic (exact) mass is 508 g/mol. The molecule has 0 bridgehead atoms. The smallest absolute Gasteiger partial charge is 0.342 e. The van der Waals surface area contributed by atoms with Crippen molar-refractivity contribution in [2.75, 3.05) is 0 Å². The number of benzene rings is 4. The molecule has 4 nitrogen and oxygen atoms in total. The number of carbonyl (C=O) groups is 1. The van der Waals surface area contributed by atoms with Gasteiger partial charge >= 0.3 is 25.8 Å². The second-order valence-corrected chi connectivity index (χ2v) is 8.98. The van der Waals surface area contributed by atoms with E-state index in [1.807, 2.05) is 54.6 Å². The molecular formula is C25H17IO4. The number of hydrogen-bond acceptors (Lipinski definition) is 3. The first-order chi connectivity index (χ1) is 14.6. The quantitative estimate of drug-likeness (QED) is 0.303. The molecule has 0 saturated carbocycles. The molecule has 0 atom stereocenters. The third kappa shape index (κ3) is 3.76. The molecule has 30 heavy (non-hydrogen) atoms. The highest BCUT2D eigenvalue weighted by atomic mass is 127. The highest BCUT2D eigenvalue weighted by Gasteiger charge is 2.27. The molecule has 0 amide bonds. The normalized spacial score (nSPS) is 10.8. The highest BCUT2D eigenvalue weighted by Crippen LogP contribution is 2.44. The summed E-state index contributed by atoms with van der Waals surface area (Å²) in [4.78, 5) is 12.4. The van der Waals surface area contributed by atoms with Gasteiger partial charge in [-0.25, -0.2) is 10.9 Å². The van der Waals surface area contributed by atoms with Crippen LogP contribution in [0.4, 0.5) is 0 Å². The average molecular weight is 508 g/mol. The van der Waals surface area contributed by atoms with Crippen molar-refractivity contribution in [2.24, 2.45) is 0 Å². The fraction of sp³-hybridized carbons (Fsp3) is 0. The molecule has 0 aliphatic heterocycles. The molecule has 0 radical (unpaired) electrons. The van der Waals surface area contributed by atoms with Crippen molar-refractivity contribution in [3.8, 4) is 33.4 Å². The zero-order valence-electron chi connectivity index (χ0n) is 15.8. The lowest BCUT2D eigenvalue weighted by Crippen LogP contribution is -2.07. The van der Waals surface area contributed by atoms with E-state index in [9.17, 15) is 16.0 Å². The predicted molar refractivity (Wildman–Crippen MR) is 124 cm³/mol. The van der Waals surface area contributed by atoms with Crippen LogP contribution in [-0.4, -0.2) is 11.1 Å². The number of rotatable bonds is 5. The van der Waals surface area contributed by atoms with Crippen molar-refractivity contribution in [3.05, 3.63) is 106 Å². The molecule has 4 aromatic carbocycles. The first kappa shape index (κ1) is 20.0. The summed E-state index contributed by atoms with van der Waals surface area (Å²) < 4.78 is 24.7.